The number of rotatable bonds is 3. The monoisotopic (exact) mass is 417 g/mol. The van der Waals surface area contributed by atoms with E-state index in [2.05, 4.69) is 10.3 Å². The second-order valence-electron chi connectivity index (χ2n) is 8.11. The summed E-state index contributed by atoms with van der Waals surface area (Å²) in [5, 5.41) is 3.83. The van der Waals surface area contributed by atoms with Gasteiger partial charge in [0.05, 0.1) is 16.5 Å². The molecule has 1 aliphatic heterocycles. The van der Waals surface area contributed by atoms with Crippen LogP contribution in [0, 0.1) is 11.3 Å². The fourth-order valence-electron chi connectivity index (χ4n) is 3.73. The summed E-state index contributed by atoms with van der Waals surface area (Å²) >= 11 is 7.12. The normalized spacial score (nSPS) is 21.0. The van der Waals surface area contributed by atoms with Crippen LogP contribution < -0.4 is 10.2 Å². The van der Waals surface area contributed by atoms with Crippen molar-refractivity contribution in [2.45, 2.75) is 33.1 Å². The summed E-state index contributed by atoms with van der Waals surface area (Å²) in [7, 11) is 0. The van der Waals surface area contributed by atoms with Crippen LogP contribution in [0.2, 0.25) is 5.02 Å². The van der Waals surface area contributed by atoms with Crippen LogP contribution in [0.15, 0.2) is 24.3 Å². The topological polar surface area (TPSA) is 79.4 Å². The average Bonchev–Trinajstić information content (AvgIpc) is 3.18. The van der Waals surface area contributed by atoms with Crippen LogP contribution >= 0.6 is 22.9 Å². The van der Waals surface area contributed by atoms with E-state index in [0.29, 0.717) is 34.4 Å². The molecule has 8 heteroatoms. The molecule has 2 aromatic rings. The number of nitrogens with one attached hydrogen (secondary N) is 1. The van der Waals surface area contributed by atoms with E-state index in [4.69, 9.17) is 11.6 Å². The zero-order chi connectivity index (χ0) is 20.1. The van der Waals surface area contributed by atoms with Crippen LogP contribution in [-0.2, 0) is 16.0 Å². The molecule has 4 rings (SSSR count). The Morgan fingerprint density at radius 1 is 1.25 bits per heavy atom. The molecule has 2 heterocycles. The van der Waals surface area contributed by atoms with E-state index in [1.807, 2.05) is 13.8 Å². The number of hydrogen-bond acceptors (Lipinski definition) is 5. The number of anilines is 2. The number of halogens is 1. The van der Waals surface area contributed by atoms with Crippen molar-refractivity contribution in [3.05, 3.63) is 39.9 Å². The predicted molar refractivity (Wildman–Crippen MR) is 109 cm³/mol. The second kappa shape index (κ2) is 6.97. The van der Waals surface area contributed by atoms with Crippen molar-refractivity contribution in [2.75, 3.05) is 16.8 Å². The number of carbonyl (C=O) groups is 3. The maximum atomic E-state index is 12.7. The molecule has 2 aliphatic rings. The third kappa shape index (κ3) is 3.69. The van der Waals surface area contributed by atoms with Gasteiger partial charge in [0.15, 0.2) is 10.9 Å². The number of aromatic nitrogens is 1. The third-order valence-electron chi connectivity index (χ3n) is 5.10. The number of fused-ring (bicyclic) bond motifs is 1. The molecule has 1 N–H and O–H groups in total. The summed E-state index contributed by atoms with van der Waals surface area (Å²) in [4.78, 5) is 44.1. The molecule has 28 heavy (non-hydrogen) atoms. The summed E-state index contributed by atoms with van der Waals surface area (Å²) in [6, 6.07) is 6.97. The van der Waals surface area contributed by atoms with Gasteiger partial charge in [0.25, 0.3) is 0 Å². The van der Waals surface area contributed by atoms with Gasteiger partial charge in [-0.25, -0.2) is 4.98 Å². The summed E-state index contributed by atoms with van der Waals surface area (Å²) < 4.78 is 0. The van der Waals surface area contributed by atoms with Crippen molar-refractivity contribution < 1.29 is 14.4 Å². The maximum Gasteiger partial charge on any atom is 0.231 e. The summed E-state index contributed by atoms with van der Waals surface area (Å²) in [6.45, 7) is 4.39. The quantitative estimate of drug-likeness (QED) is 0.820. The van der Waals surface area contributed by atoms with E-state index in [-0.39, 0.29) is 29.4 Å². The number of nitrogens with zero attached hydrogens (tertiary/aromatic N) is 2. The SMILES string of the molecule is CC1(C)CC(=O)c2sc(NC(=O)[C@H]3CC(=O)N(c4ccc(Cl)cc4)C3)nc2C1. The number of carbonyl (C=O) groups excluding carboxylic acids is 3. The minimum absolute atomic E-state index is 0.0780. The largest absolute Gasteiger partial charge is 0.312 e. The minimum atomic E-state index is -0.462. The first kappa shape index (κ1) is 19.1. The van der Waals surface area contributed by atoms with E-state index in [0.717, 1.165) is 11.4 Å². The number of ketones is 1. The summed E-state index contributed by atoms with van der Waals surface area (Å²) in [6.07, 6.45) is 1.35. The first-order chi connectivity index (χ1) is 13.2. The molecule has 1 aromatic heterocycles. The average molecular weight is 418 g/mol. The Hall–Kier alpha value is -2.25. The van der Waals surface area contributed by atoms with Crippen LogP contribution in [-0.4, -0.2) is 29.1 Å². The molecule has 146 valence electrons. The fourth-order valence-corrected chi connectivity index (χ4v) is 4.78. The Morgan fingerprint density at radius 3 is 2.68 bits per heavy atom. The van der Waals surface area contributed by atoms with Crippen molar-refractivity contribution >= 4 is 51.4 Å². The zero-order valence-electron chi connectivity index (χ0n) is 15.6. The number of thiazole rings is 1. The molecule has 6 nitrogen and oxygen atoms in total. The Morgan fingerprint density at radius 2 is 1.96 bits per heavy atom. The molecule has 0 radical (unpaired) electrons. The lowest BCUT2D eigenvalue weighted by Crippen LogP contribution is -2.28. The fraction of sp³-hybridized carbons (Fsp3) is 0.400. The van der Waals surface area contributed by atoms with Gasteiger partial charge in [0.2, 0.25) is 11.8 Å². The van der Waals surface area contributed by atoms with Gasteiger partial charge in [-0.2, -0.15) is 0 Å². The van der Waals surface area contributed by atoms with Crippen molar-refractivity contribution in [3.8, 4) is 0 Å². The lowest BCUT2D eigenvalue weighted by molar-refractivity contribution is -0.122. The Labute approximate surface area is 171 Å². The van der Waals surface area contributed by atoms with Gasteiger partial charge >= 0.3 is 0 Å². The number of Topliss-reactive ketones (excluding diaryl/α,β-unsaturated/α-hetero) is 1. The van der Waals surface area contributed by atoms with E-state index in [9.17, 15) is 14.4 Å². The second-order valence-corrected chi connectivity index (χ2v) is 9.54. The molecule has 0 unspecified atom stereocenters. The molecule has 0 spiro atoms. The van der Waals surface area contributed by atoms with Crippen molar-refractivity contribution in [1.82, 2.24) is 4.98 Å². The highest BCUT2D eigenvalue weighted by molar-refractivity contribution is 7.17. The maximum absolute atomic E-state index is 12.7. The molecule has 0 saturated carbocycles. The van der Waals surface area contributed by atoms with E-state index in [1.54, 1.807) is 29.2 Å². The highest BCUT2D eigenvalue weighted by atomic mass is 35.5. The van der Waals surface area contributed by atoms with Gasteiger partial charge in [-0.05, 0) is 36.1 Å². The highest BCUT2D eigenvalue weighted by Crippen LogP contribution is 2.38. The van der Waals surface area contributed by atoms with Gasteiger partial charge in [-0.1, -0.05) is 36.8 Å². The van der Waals surface area contributed by atoms with E-state index < -0.39 is 5.92 Å². The molecule has 1 aliphatic carbocycles. The van der Waals surface area contributed by atoms with Crippen LogP contribution in [0.4, 0.5) is 10.8 Å². The smallest absolute Gasteiger partial charge is 0.231 e. The van der Waals surface area contributed by atoms with E-state index in [1.165, 1.54) is 11.3 Å². The standard InChI is InChI=1S/C20H20ClN3O3S/c1-20(2)8-14-17(15(25)9-20)28-19(22-14)23-18(27)11-7-16(26)24(10-11)13-5-3-12(21)4-6-13/h3-6,11H,7-10H2,1-2H3,(H,22,23,27)/t11-/m0/s1. The molecule has 1 aromatic carbocycles. The van der Waals surface area contributed by atoms with Crippen molar-refractivity contribution in [1.29, 1.82) is 0 Å². The number of benzene rings is 1. The molecule has 1 atom stereocenters. The molecule has 1 fully saturated rings. The molecular formula is C20H20ClN3O3S. The van der Waals surface area contributed by atoms with Gasteiger partial charge in [0.1, 0.15) is 0 Å². The lowest BCUT2D eigenvalue weighted by atomic mass is 9.78. The third-order valence-corrected chi connectivity index (χ3v) is 6.41. The zero-order valence-corrected chi connectivity index (χ0v) is 17.2. The Bertz CT molecular complexity index is 968. The Balaban J connectivity index is 1.46. The molecule has 1 saturated heterocycles. The summed E-state index contributed by atoms with van der Waals surface area (Å²) in [5.41, 5.74) is 1.37. The van der Waals surface area contributed by atoms with Crippen molar-refractivity contribution in [3.63, 3.8) is 0 Å². The number of amides is 2. The van der Waals surface area contributed by atoms with Crippen molar-refractivity contribution in [2.24, 2.45) is 11.3 Å². The van der Waals surface area contributed by atoms with Crippen LogP contribution in [0.25, 0.3) is 0 Å². The predicted octanol–water partition coefficient (Wildman–Crippen LogP) is 3.94. The van der Waals surface area contributed by atoms with Gasteiger partial charge in [-0.15, -0.1) is 0 Å². The van der Waals surface area contributed by atoms with E-state index >= 15 is 0 Å². The van der Waals surface area contributed by atoms with Gasteiger partial charge < -0.3 is 10.2 Å². The van der Waals surface area contributed by atoms with Crippen LogP contribution in [0.3, 0.4) is 0 Å². The minimum Gasteiger partial charge on any atom is -0.312 e. The molecular weight excluding hydrogens is 398 g/mol. The van der Waals surface area contributed by atoms with Gasteiger partial charge in [0, 0.05) is 30.1 Å². The highest BCUT2D eigenvalue weighted by Gasteiger charge is 2.37. The van der Waals surface area contributed by atoms with Crippen LogP contribution in [0.1, 0.15) is 42.1 Å². The Kier molecular flexibility index (Phi) is 4.75. The first-order valence-corrected chi connectivity index (χ1v) is 10.3. The van der Waals surface area contributed by atoms with Crippen LogP contribution in [0.5, 0.6) is 0 Å². The van der Waals surface area contributed by atoms with Gasteiger partial charge in [-0.3, -0.25) is 14.4 Å². The first-order valence-electron chi connectivity index (χ1n) is 9.11. The lowest BCUT2D eigenvalue weighted by Gasteiger charge is -2.26. The molecule has 0 bridgehead atoms. The summed E-state index contributed by atoms with van der Waals surface area (Å²) in [5.74, 6) is -0.731. The molecule has 2 amide bonds. The number of hydrogen-bond donors (Lipinski definition) is 1.